The van der Waals surface area contributed by atoms with E-state index in [9.17, 15) is 4.79 Å². The largest absolute Gasteiger partial charge is 0.354 e. The molecule has 0 aromatic carbocycles. The Hall–Kier alpha value is -1.07. The van der Waals surface area contributed by atoms with Crippen molar-refractivity contribution in [3.63, 3.8) is 0 Å². The van der Waals surface area contributed by atoms with Gasteiger partial charge in [0.05, 0.1) is 6.42 Å². The summed E-state index contributed by atoms with van der Waals surface area (Å²) in [5.41, 5.74) is 0.937. The second-order valence-corrected chi connectivity index (χ2v) is 4.92. The second kappa shape index (κ2) is 6.02. The molecule has 0 spiro atoms. The third-order valence-corrected chi connectivity index (χ3v) is 3.54. The van der Waals surface area contributed by atoms with Crippen molar-refractivity contribution in [2.24, 2.45) is 0 Å². The highest BCUT2D eigenvalue weighted by molar-refractivity contribution is 7.81. The van der Waals surface area contributed by atoms with Gasteiger partial charge in [0.1, 0.15) is 0 Å². The fourth-order valence-corrected chi connectivity index (χ4v) is 2.28. The zero-order valence-corrected chi connectivity index (χ0v) is 10.5. The third kappa shape index (κ3) is 3.71. The molecule has 1 aliphatic rings. The Kier molecular flexibility index (Phi) is 4.39. The summed E-state index contributed by atoms with van der Waals surface area (Å²) in [5.74, 6) is 0.0345. The van der Waals surface area contributed by atoms with Crippen LogP contribution in [0.25, 0.3) is 0 Å². The molecule has 0 saturated carbocycles. The lowest BCUT2D eigenvalue weighted by molar-refractivity contribution is -0.120. The molecule has 2 atom stereocenters. The molecule has 2 rings (SSSR count). The number of carbonyl (C=O) groups excluding carboxylic acids is 1. The number of amides is 1. The van der Waals surface area contributed by atoms with Gasteiger partial charge in [-0.15, -0.1) is 0 Å². The van der Waals surface area contributed by atoms with Crippen LogP contribution in [0.3, 0.4) is 0 Å². The zero-order chi connectivity index (χ0) is 12.1. The topological polar surface area (TPSA) is 54.0 Å². The van der Waals surface area contributed by atoms with E-state index >= 15 is 0 Å². The van der Waals surface area contributed by atoms with Crippen molar-refractivity contribution >= 4 is 18.5 Å². The van der Waals surface area contributed by atoms with Gasteiger partial charge in [-0.3, -0.25) is 9.78 Å². The summed E-state index contributed by atoms with van der Waals surface area (Å²) in [6, 6.07) is 4.03. The molecule has 1 aliphatic heterocycles. The van der Waals surface area contributed by atoms with E-state index in [0.717, 1.165) is 18.5 Å². The summed E-state index contributed by atoms with van der Waals surface area (Å²) < 4.78 is 0. The summed E-state index contributed by atoms with van der Waals surface area (Å²) in [4.78, 5) is 15.7. The van der Waals surface area contributed by atoms with Gasteiger partial charge in [-0.05, 0) is 24.6 Å². The molecule has 2 unspecified atom stereocenters. The first-order valence-electron chi connectivity index (χ1n) is 5.83. The van der Waals surface area contributed by atoms with Gasteiger partial charge in [0.15, 0.2) is 0 Å². The maximum atomic E-state index is 11.7. The lowest BCUT2D eigenvalue weighted by atomic mass is 10.2. The quantitative estimate of drug-likeness (QED) is 0.679. The second-order valence-electron chi connectivity index (χ2n) is 4.26. The minimum atomic E-state index is 0.0345. The number of rotatable bonds is 4. The van der Waals surface area contributed by atoms with E-state index in [1.54, 1.807) is 12.4 Å². The Balaban J connectivity index is 1.74. The van der Waals surface area contributed by atoms with Crippen LogP contribution in [-0.2, 0) is 11.2 Å². The van der Waals surface area contributed by atoms with Crippen LogP contribution in [0.2, 0.25) is 0 Å². The minimum absolute atomic E-state index is 0.0345. The summed E-state index contributed by atoms with van der Waals surface area (Å²) in [6.45, 7) is 1.63. The molecule has 1 saturated heterocycles. The highest BCUT2D eigenvalue weighted by Crippen LogP contribution is 2.12. The van der Waals surface area contributed by atoms with Crippen LogP contribution < -0.4 is 10.6 Å². The van der Waals surface area contributed by atoms with E-state index in [2.05, 4.69) is 28.2 Å². The Morgan fingerprint density at radius 2 is 2.53 bits per heavy atom. The van der Waals surface area contributed by atoms with Gasteiger partial charge in [0.2, 0.25) is 5.91 Å². The number of nitrogens with one attached hydrogen (secondary N) is 2. The van der Waals surface area contributed by atoms with E-state index in [4.69, 9.17) is 0 Å². The molecular formula is C12H17N3OS. The highest BCUT2D eigenvalue weighted by Gasteiger charge is 2.23. The van der Waals surface area contributed by atoms with Crippen LogP contribution >= 0.6 is 12.6 Å². The number of nitrogens with zero attached hydrogens (tertiary/aromatic N) is 1. The maximum absolute atomic E-state index is 11.7. The molecule has 1 aromatic rings. The number of pyridine rings is 1. The molecule has 0 aliphatic carbocycles. The summed E-state index contributed by atoms with van der Waals surface area (Å²) >= 11 is 4.47. The van der Waals surface area contributed by atoms with Crippen molar-refractivity contribution < 1.29 is 4.79 Å². The Morgan fingerprint density at radius 1 is 1.65 bits per heavy atom. The highest BCUT2D eigenvalue weighted by atomic mass is 32.1. The van der Waals surface area contributed by atoms with Gasteiger partial charge in [-0.25, -0.2) is 0 Å². The van der Waals surface area contributed by atoms with E-state index in [-0.39, 0.29) is 11.9 Å². The fourth-order valence-electron chi connectivity index (χ4n) is 1.94. The van der Waals surface area contributed by atoms with Crippen LogP contribution in [0.5, 0.6) is 0 Å². The van der Waals surface area contributed by atoms with Crippen molar-refractivity contribution in [3.8, 4) is 0 Å². The first-order valence-corrected chi connectivity index (χ1v) is 6.34. The molecule has 0 bridgehead atoms. The number of hydrogen-bond donors (Lipinski definition) is 3. The Morgan fingerprint density at radius 3 is 3.18 bits per heavy atom. The molecule has 17 heavy (non-hydrogen) atoms. The van der Waals surface area contributed by atoms with Gasteiger partial charge < -0.3 is 10.6 Å². The average Bonchev–Trinajstić information content (AvgIpc) is 2.74. The molecule has 1 amide bonds. The van der Waals surface area contributed by atoms with Gasteiger partial charge in [-0.1, -0.05) is 6.07 Å². The van der Waals surface area contributed by atoms with Gasteiger partial charge >= 0.3 is 0 Å². The van der Waals surface area contributed by atoms with Crippen molar-refractivity contribution in [2.75, 3.05) is 13.1 Å². The lowest BCUT2D eigenvalue weighted by Gasteiger charge is -2.15. The van der Waals surface area contributed by atoms with Crippen LogP contribution in [0.1, 0.15) is 12.0 Å². The predicted molar refractivity (Wildman–Crippen MR) is 70.1 cm³/mol. The van der Waals surface area contributed by atoms with Gasteiger partial charge in [-0.2, -0.15) is 12.6 Å². The smallest absolute Gasteiger partial charge is 0.224 e. The molecule has 2 heterocycles. The number of aromatic nitrogens is 1. The normalized spacial score (nSPS) is 23.6. The molecule has 1 aromatic heterocycles. The molecule has 5 heteroatoms. The third-order valence-electron chi connectivity index (χ3n) is 2.92. The lowest BCUT2D eigenvalue weighted by Crippen LogP contribution is -2.41. The van der Waals surface area contributed by atoms with Crippen LogP contribution in [0, 0.1) is 0 Å². The molecule has 1 fully saturated rings. The number of thiol groups is 1. The molecule has 92 valence electrons. The molecule has 2 N–H and O–H groups in total. The van der Waals surface area contributed by atoms with E-state index < -0.39 is 0 Å². The Labute approximate surface area is 107 Å². The SMILES string of the molecule is O=C(Cc1cccnc1)NCC1NCCC1S. The van der Waals surface area contributed by atoms with Crippen molar-refractivity contribution in [1.29, 1.82) is 0 Å². The van der Waals surface area contributed by atoms with Crippen molar-refractivity contribution in [2.45, 2.75) is 24.1 Å². The molecule has 0 radical (unpaired) electrons. The summed E-state index contributed by atoms with van der Waals surface area (Å²) in [6.07, 6.45) is 4.87. The van der Waals surface area contributed by atoms with E-state index in [0.29, 0.717) is 18.2 Å². The van der Waals surface area contributed by atoms with Crippen molar-refractivity contribution in [1.82, 2.24) is 15.6 Å². The van der Waals surface area contributed by atoms with Crippen molar-refractivity contribution in [3.05, 3.63) is 30.1 Å². The first-order chi connectivity index (χ1) is 8.25. The van der Waals surface area contributed by atoms with Gasteiger partial charge in [0, 0.05) is 30.2 Å². The predicted octanol–water partition coefficient (Wildman–Crippen LogP) is 0.401. The summed E-state index contributed by atoms with van der Waals surface area (Å²) in [5, 5.41) is 6.59. The summed E-state index contributed by atoms with van der Waals surface area (Å²) in [7, 11) is 0. The Bertz CT molecular complexity index is 371. The van der Waals surface area contributed by atoms with Crippen LogP contribution in [0.15, 0.2) is 24.5 Å². The fraction of sp³-hybridized carbons (Fsp3) is 0.500. The standard InChI is InChI=1S/C12H17N3OS/c16-12(6-9-2-1-4-13-7-9)15-8-10-11(17)3-5-14-10/h1-2,4,7,10-11,14,17H,3,5-6,8H2,(H,15,16). The minimum Gasteiger partial charge on any atom is -0.354 e. The molecule has 4 nitrogen and oxygen atoms in total. The van der Waals surface area contributed by atoms with E-state index in [1.807, 2.05) is 12.1 Å². The van der Waals surface area contributed by atoms with Gasteiger partial charge in [0.25, 0.3) is 0 Å². The molecular weight excluding hydrogens is 234 g/mol. The number of hydrogen-bond acceptors (Lipinski definition) is 4. The average molecular weight is 251 g/mol. The first kappa shape index (κ1) is 12.4. The van der Waals surface area contributed by atoms with Crippen LogP contribution in [-0.4, -0.2) is 35.3 Å². The number of carbonyl (C=O) groups is 1. The maximum Gasteiger partial charge on any atom is 0.224 e. The van der Waals surface area contributed by atoms with E-state index in [1.165, 1.54) is 0 Å². The van der Waals surface area contributed by atoms with Crippen LogP contribution in [0.4, 0.5) is 0 Å². The zero-order valence-electron chi connectivity index (χ0n) is 9.60. The monoisotopic (exact) mass is 251 g/mol.